The minimum Gasteiger partial charge on any atom is -0.494 e. The minimum absolute atomic E-state index is 0.201. The van der Waals surface area contributed by atoms with Gasteiger partial charge in [0.25, 0.3) is 5.91 Å². The molecule has 0 spiro atoms. The van der Waals surface area contributed by atoms with E-state index < -0.39 is 10.0 Å². The van der Waals surface area contributed by atoms with Gasteiger partial charge in [-0.3, -0.25) is 9.10 Å². The van der Waals surface area contributed by atoms with Gasteiger partial charge in [-0.05, 0) is 62.1 Å². The zero-order chi connectivity index (χ0) is 20.7. The number of sulfonamides is 1. The molecule has 1 amide bonds. The van der Waals surface area contributed by atoms with Crippen molar-refractivity contribution in [2.75, 3.05) is 30.8 Å². The van der Waals surface area contributed by atoms with Gasteiger partial charge in [0.15, 0.2) is 0 Å². The van der Waals surface area contributed by atoms with Crippen LogP contribution in [0.5, 0.6) is 5.75 Å². The van der Waals surface area contributed by atoms with E-state index in [0.717, 1.165) is 24.8 Å². The van der Waals surface area contributed by atoms with E-state index in [2.05, 4.69) is 5.32 Å². The van der Waals surface area contributed by atoms with Gasteiger partial charge in [-0.2, -0.15) is 0 Å². The van der Waals surface area contributed by atoms with Gasteiger partial charge in [0.2, 0.25) is 10.0 Å². The number of rotatable bonds is 9. The van der Waals surface area contributed by atoms with E-state index in [1.54, 1.807) is 25.1 Å². The van der Waals surface area contributed by atoms with Crippen molar-refractivity contribution in [3.05, 3.63) is 59.2 Å². The smallest absolute Gasteiger partial charge is 0.251 e. The Morgan fingerprint density at radius 1 is 1.14 bits per heavy atom. The van der Waals surface area contributed by atoms with Crippen molar-refractivity contribution in [2.24, 2.45) is 0 Å². The van der Waals surface area contributed by atoms with Crippen molar-refractivity contribution in [2.45, 2.75) is 26.7 Å². The van der Waals surface area contributed by atoms with Gasteiger partial charge in [-0.25, -0.2) is 8.42 Å². The molecule has 2 aromatic rings. The molecule has 2 rings (SSSR count). The van der Waals surface area contributed by atoms with E-state index in [1.165, 1.54) is 16.9 Å². The topological polar surface area (TPSA) is 75.7 Å². The summed E-state index contributed by atoms with van der Waals surface area (Å²) < 4.78 is 30.2. The Labute approximate surface area is 167 Å². The third kappa shape index (κ3) is 5.73. The summed E-state index contributed by atoms with van der Waals surface area (Å²) in [5.74, 6) is 0.655. The van der Waals surface area contributed by atoms with Crippen LogP contribution >= 0.6 is 0 Å². The molecule has 0 fully saturated rings. The Morgan fingerprint density at radius 2 is 1.82 bits per heavy atom. The van der Waals surface area contributed by atoms with E-state index in [4.69, 9.17) is 4.74 Å². The first-order valence-corrected chi connectivity index (χ1v) is 11.1. The van der Waals surface area contributed by atoms with Crippen LogP contribution in [0.15, 0.2) is 42.5 Å². The summed E-state index contributed by atoms with van der Waals surface area (Å²) in [5, 5.41) is 2.92. The number of nitrogens with zero attached hydrogens (tertiary/aromatic N) is 1. The van der Waals surface area contributed by atoms with Crippen molar-refractivity contribution in [3.8, 4) is 5.75 Å². The molecular formula is C21H28N2O4S. The molecule has 0 saturated carbocycles. The van der Waals surface area contributed by atoms with E-state index in [-0.39, 0.29) is 5.91 Å². The molecule has 0 radical (unpaired) electrons. The van der Waals surface area contributed by atoms with E-state index in [9.17, 15) is 13.2 Å². The summed E-state index contributed by atoms with van der Waals surface area (Å²) in [7, 11) is -1.90. The Morgan fingerprint density at radius 3 is 2.43 bits per heavy atom. The third-order valence-corrected chi connectivity index (χ3v) is 5.74. The van der Waals surface area contributed by atoms with Crippen LogP contribution in [0.2, 0.25) is 0 Å². The number of anilines is 1. The van der Waals surface area contributed by atoms with Crippen LogP contribution in [-0.4, -0.2) is 40.8 Å². The molecule has 0 unspecified atom stereocenters. The molecule has 7 heteroatoms. The summed E-state index contributed by atoms with van der Waals surface area (Å²) in [6.45, 7) is 4.89. The molecule has 0 aliphatic rings. The maximum absolute atomic E-state index is 12.5. The predicted molar refractivity (Wildman–Crippen MR) is 113 cm³/mol. The summed E-state index contributed by atoms with van der Waals surface area (Å²) in [6.07, 6.45) is 2.80. The van der Waals surface area contributed by atoms with Gasteiger partial charge in [-0.1, -0.05) is 18.2 Å². The first-order chi connectivity index (χ1) is 13.2. The zero-order valence-corrected chi connectivity index (χ0v) is 17.7. The Hall–Kier alpha value is -2.54. The van der Waals surface area contributed by atoms with Crippen molar-refractivity contribution >= 4 is 21.6 Å². The lowest BCUT2D eigenvalue weighted by Gasteiger charge is -2.20. The zero-order valence-electron chi connectivity index (χ0n) is 16.9. The van der Waals surface area contributed by atoms with E-state index in [0.29, 0.717) is 30.0 Å². The normalized spacial score (nSPS) is 11.1. The molecule has 28 heavy (non-hydrogen) atoms. The molecule has 152 valence electrons. The number of carbonyl (C=O) groups is 1. The molecule has 0 heterocycles. The molecular weight excluding hydrogens is 376 g/mol. The van der Waals surface area contributed by atoms with Gasteiger partial charge in [-0.15, -0.1) is 0 Å². The molecule has 1 N–H and O–H groups in total. The maximum atomic E-state index is 12.5. The number of hydrogen-bond acceptors (Lipinski definition) is 4. The van der Waals surface area contributed by atoms with Gasteiger partial charge in [0.1, 0.15) is 5.75 Å². The second-order valence-electron chi connectivity index (χ2n) is 6.62. The SMILES string of the molecule is CCOc1ccc(CCCNC(=O)c2cccc(N(C)S(C)(=O)=O)c2C)cc1. The van der Waals surface area contributed by atoms with Crippen molar-refractivity contribution in [3.63, 3.8) is 0 Å². The van der Waals surface area contributed by atoms with Crippen LogP contribution < -0.4 is 14.4 Å². The largest absolute Gasteiger partial charge is 0.494 e. The second-order valence-corrected chi connectivity index (χ2v) is 8.63. The highest BCUT2D eigenvalue weighted by Gasteiger charge is 2.18. The number of amides is 1. The quantitative estimate of drug-likeness (QED) is 0.652. The number of carbonyl (C=O) groups excluding carboxylic acids is 1. The molecule has 0 aliphatic heterocycles. The molecule has 0 aliphatic carbocycles. The summed E-state index contributed by atoms with van der Waals surface area (Å²) >= 11 is 0. The van der Waals surface area contributed by atoms with Crippen LogP contribution in [0.4, 0.5) is 5.69 Å². The van der Waals surface area contributed by atoms with Crippen molar-refractivity contribution in [1.29, 1.82) is 0 Å². The number of benzene rings is 2. The molecule has 0 bridgehead atoms. The monoisotopic (exact) mass is 404 g/mol. The Kier molecular flexibility index (Phi) is 7.45. The average Bonchev–Trinajstić information content (AvgIpc) is 2.65. The number of nitrogens with one attached hydrogen (secondary N) is 1. The van der Waals surface area contributed by atoms with Crippen LogP contribution in [0.25, 0.3) is 0 Å². The van der Waals surface area contributed by atoms with Crippen LogP contribution in [0, 0.1) is 6.92 Å². The highest BCUT2D eigenvalue weighted by Crippen LogP contribution is 2.24. The highest BCUT2D eigenvalue weighted by atomic mass is 32.2. The minimum atomic E-state index is -3.39. The summed E-state index contributed by atoms with van der Waals surface area (Å²) in [5.41, 5.74) is 2.81. The Balaban J connectivity index is 1.93. The molecule has 2 aromatic carbocycles. The molecule has 6 nitrogen and oxygen atoms in total. The standard InChI is InChI=1S/C21H28N2O4S/c1-5-27-18-13-11-17(12-14-18)8-7-15-22-21(24)19-9-6-10-20(16(19)2)23(3)28(4,25)26/h6,9-14H,5,7-8,15H2,1-4H3,(H,22,24). The first kappa shape index (κ1) is 21.8. The number of ether oxygens (including phenoxy) is 1. The lowest BCUT2D eigenvalue weighted by Crippen LogP contribution is -2.28. The fourth-order valence-corrected chi connectivity index (χ4v) is 3.45. The van der Waals surface area contributed by atoms with E-state index >= 15 is 0 Å². The lowest BCUT2D eigenvalue weighted by atomic mass is 10.1. The molecule has 0 atom stereocenters. The Bertz CT molecular complexity index is 909. The van der Waals surface area contributed by atoms with Gasteiger partial charge < -0.3 is 10.1 Å². The van der Waals surface area contributed by atoms with Crippen LogP contribution in [0.3, 0.4) is 0 Å². The predicted octanol–water partition coefficient (Wildman–Crippen LogP) is 3.15. The summed E-state index contributed by atoms with van der Waals surface area (Å²) in [6, 6.07) is 13.0. The number of aryl methyl sites for hydroxylation is 1. The van der Waals surface area contributed by atoms with Crippen molar-refractivity contribution in [1.82, 2.24) is 5.32 Å². The highest BCUT2D eigenvalue weighted by molar-refractivity contribution is 7.92. The second kappa shape index (κ2) is 9.59. The van der Waals surface area contributed by atoms with Crippen LogP contribution in [-0.2, 0) is 16.4 Å². The lowest BCUT2D eigenvalue weighted by molar-refractivity contribution is 0.0952. The third-order valence-electron chi connectivity index (χ3n) is 4.55. The van der Waals surface area contributed by atoms with E-state index in [1.807, 2.05) is 31.2 Å². The number of hydrogen-bond donors (Lipinski definition) is 1. The average molecular weight is 405 g/mol. The van der Waals surface area contributed by atoms with Gasteiger partial charge in [0, 0.05) is 19.2 Å². The fraction of sp³-hybridized carbons (Fsp3) is 0.381. The van der Waals surface area contributed by atoms with Crippen molar-refractivity contribution < 1.29 is 17.9 Å². The maximum Gasteiger partial charge on any atom is 0.251 e. The van der Waals surface area contributed by atoms with Gasteiger partial charge in [0.05, 0.1) is 18.6 Å². The van der Waals surface area contributed by atoms with Crippen LogP contribution in [0.1, 0.15) is 34.8 Å². The fourth-order valence-electron chi connectivity index (χ4n) is 2.90. The first-order valence-electron chi connectivity index (χ1n) is 9.27. The summed E-state index contributed by atoms with van der Waals surface area (Å²) in [4.78, 5) is 12.5. The molecule has 0 aromatic heterocycles. The van der Waals surface area contributed by atoms with Gasteiger partial charge >= 0.3 is 0 Å². The molecule has 0 saturated heterocycles.